The summed E-state index contributed by atoms with van der Waals surface area (Å²) in [6.07, 6.45) is 0. The van der Waals surface area contributed by atoms with Gasteiger partial charge in [0.1, 0.15) is 5.56 Å². The number of hydrogen-bond donors (Lipinski definition) is 1. The first-order chi connectivity index (χ1) is 9.29. The van der Waals surface area contributed by atoms with E-state index in [1.54, 1.807) is 0 Å². The number of benzene rings is 1. The van der Waals surface area contributed by atoms with Gasteiger partial charge in [-0.05, 0) is 6.07 Å². The summed E-state index contributed by atoms with van der Waals surface area (Å²) in [7, 11) is 0.915. The lowest BCUT2D eigenvalue weighted by molar-refractivity contribution is -0.0258. The molecular weight excluding hydrogens is 290 g/mol. The zero-order valence-electron chi connectivity index (χ0n) is 11.4. The lowest BCUT2D eigenvalue weighted by Gasteiger charge is -2.17. The van der Waals surface area contributed by atoms with Crippen molar-refractivity contribution >= 4 is 16.0 Å². The lowest BCUT2D eigenvalue weighted by Crippen LogP contribution is -2.26. The molecule has 1 aromatic rings. The van der Waals surface area contributed by atoms with Gasteiger partial charge in [-0.3, -0.25) is 4.84 Å². The smallest absolute Gasteiger partial charge is 0.339 e. The van der Waals surface area contributed by atoms with E-state index in [-0.39, 0.29) is 22.0 Å². The molecule has 0 fully saturated rings. The molecule has 0 aliphatic rings. The molecule has 0 spiro atoms. The van der Waals surface area contributed by atoms with Crippen LogP contribution in [-0.2, 0) is 14.9 Å². The maximum atomic E-state index is 12.1. The van der Waals surface area contributed by atoms with Crippen LogP contribution in [0.15, 0.2) is 17.0 Å². The van der Waals surface area contributed by atoms with Crippen molar-refractivity contribution in [2.75, 3.05) is 28.4 Å². The number of hydrogen-bond acceptors (Lipinski definition) is 6. The van der Waals surface area contributed by atoms with Crippen LogP contribution in [-0.4, -0.2) is 52.3 Å². The van der Waals surface area contributed by atoms with Crippen LogP contribution in [0.1, 0.15) is 10.4 Å². The number of ether oxygens (including phenoxy) is 2. The second-order valence-corrected chi connectivity index (χ2v) is 5.54. The minimum absolute atomic E-state index is 0.00419. The first kappa shape index (κ1) is 16.2. The molecule has 0 radical (unpaired) electrons. The van der Waals surface area contributed by atoms with Crippen molar-refractivity contribution in [1.29, 1.82) is 0 Å². The molecule has 1 rings (SSSR count). The van der Waals surface area contributed by atoms with Crippen molar-refractivity contribution in [3.05, 3.63) is 17.7 Å². The first-order valence-corrected chi connectivity index (χ1v) is 6.76. The summed E-state index contributed by atoms with van der Waals surface area (Å²) in [6, 6.07) is 2.14. The molecule has 0 saturated carbocycles. The predicted molar refractivity (Wildman–Crippen MR) is 68.5 cm³/mol. The van der Waals surface area contributed by atoms with Crippen molar-refractivity contribution in [3.63, 3.8) is 0 Å². The zero-order valence-corrected chi connectivity index (χ0v) is 12.2. The second-order valence-electron chi connectivity index (χ2n) is 3.61. The summed E-state index contributed by atoms with van der Waals surface area (Å²) in [5, 5.41) is 9.13. The Hall–Kier alpha value is -1.84. The Kier molecular flexibility index (Phi) is 4.93. The first-order valence-electron chi connectivity index (χ1n) is 5.32. The van der Waals surface area contributed by atoms with Gasteiger partial charge < -0.3 is 14.6 Å². The maximum absolute atomic E-state index is 12.1. The summed E-state index contributed by atoms with van der Waals surface area (Å²) >= 11 is 0. The molecule has 0 aromatic heterocycles. The molecule has 0 aliphatic heterocycles. The number of hydroxylamine groups is 1. The standard InChI is InChI=1S/C11H15NO7S/c1-12(19-4)20(15,16)7-5-8(11(13)14)10(18-3)9(6-7)17-2/h5-6H,1-4H3,(H,13,14). The monoisotopic (exact) mass is 305 g/mol. The fourth-order valence-electron chi connectivity index (χ4n) is 1.49. The van der Waals surface area contributed by atoms with E-state index in [4.69, 9.17) is 14.6 Å². The lowest BCUT2D eigenvalue weighted by atomic mass is 10.2. The zero-order chi connectivity index (χ0) is 15.5. The molecule has 0 atom stereocenters. The van der Waals surface area contributed by atoms with E-state index >= 15 is 0 Å². The number of sulfonamides is 1. The Labute approximate surface area is 116 Å². The van der Waals surface area contributed by atoms with Crippen LogP contribution in [0.2, 0.25) is 0 Å². The Bertz CT molecular complexity index is 611. The molecule has 0 unspecified atom stereocenters. The van der Waals surface area contributed by atoms with E-state index in [1.807, 2.05) is 0 Å². The molecule has 9 heteroatoms. The quantitative estimate of drug-likeness (QED) is 0.767. The average molecular weight is 305 g/mol. The van der Waals surface area contributed by atoms with Crippen molar-refractivity contribution in [2.45, 2.75) is 4.90 Å². The van der Waals surface area contributed by atoms with Crippen molar-refractivity contribution in [2.24, 2.45) is 0 Å². The van der Waals surface area contributed by atoms with E-state index in [9.17, 15) is 13.2 Å². The number of carbonyl (C=O) groups is 1. The van der Waals surface area contributed by atoms with E-state index in [2.05, 4.69) is 4.84 Å². The van der Waals surface area contributed by atoms with Crippen molar-refractivity contribution < 1.29 is 32.6 Å². The molecule has 0 aliphatic carbocycles. The molecule has 1 aromatic carbocycles. The van der Waals surface area contributed by atoms with Gasteiger partial charge in [-0.15, -0.1) is 0 Å². The highest BCUT2D eigenvalue weighted by Crippen LogP contribution is 2.34. The van der Waals surface area contributed by atoms with Crippen LogP contribution in [0.3, 0.4) is 0 Å². The fraction of sp³-hybridized carbons (Fsp3) is 0.364. The number of methoxy groups -OCH3 is 2. The van der Waals surface area contributed by atoms with Crippen molar-refractivity contribution in [3.8, 4) is 11.5 Å². The topological polar surface area (TPSA) is 102 Å². The molecule has 0 saturated heterocycles. The summed E-state index contributed by atoms with van der Waals surface area (Å²) in [5.74, 6) is -1.40. The van der Waals surface area contributed by atoms with Crippen LogP contribution in [0, 0.1) is 0 Å². The molecular formula is C11H15NO7S. The van der Waals surface area contributed by atoms with E-state index in [0.717, 1.165) is 12.1 Å². The van der Waals surface area contributed by atoms with Gasteiger partial charge >= 0.3 is 5.97 Å². The van der Waals surface area contributed by atoms with Gasteiger partial charge in [-0.2, -0.15) is 0 Å². The van der Waals surface area contributed by atoms with Crippen LogP contribution in [0.4, 0.5) is 0 Å². The number of rotatable bonds is 6. The van der Waals surface area contributed by atoms with E-state index < -0.39 is 16.0 Å². The predicted octanol–water partition coefficient (Wildman–Crippen LogP) is 0.584. The minimum atomic E-state index is -3.99. The summed E-state index contributed by atoms with van der Waals surface area (Å²) in [5.41, 5.74) is -0.324. The van der Waals surface area contributed by atoms with E-state index in [0.29, 0.717) is 4.47 Å². The largest absolute Gasteiger partial charge is 0.493 e. The van der Waals surface area contributed by atoms with Gasteiger partial charge in [-0.1, -0.05) is 4.47 Å². The summed E-state index contributed by atoms with van der Waals surface area (Å²) in [6.45, 7) is 0. The van der Waals surface area contributed by atoms with Crippen molar-refractivity contribution in [1.82, 2.24) is 4.47 Å². The molecule has 0 heterocycles. The van der Waals surface area contributed by atoms with Gasteiger partial charge in [0.2, 0.25) is 0 Å². The third-order valence-corrected chi connectivity index (χ3v) is 4.23. The summed E-state index contributed by atoms with van der Waals surface area (Å²) in [4.78, 5) is 15.5. The number of aromatic carboxylic acids is 1. The van der Waals surface area contributed by atoms with E-state index in [1.165, 1.54) is 28.4 Å². The van der Waals surface area contributed by atoms with Crippen LogP contribution >= 0.6 is 0 Å². The fourth-order valence-corrected chi connectivity index (χ4v) is 2.51. The highest BCUT2D eigenvalue weighted by molar-refractivity contribution is 7.89. The Morgan fingerprint density at radius 1 is 1.20 bits per heavy atom. The van der Waals surface area contributed by atoms with Gasteiger partial charge in [0.25, 0.3) is 10.0 Å². The van der Waals surface area contributed by atoms with Crippen LogP contribution < -0.4 is 9.47 Å². The molecule has 112 valence electrons. The SMILES string of the molecule is COc1cc(S(=O)(=O)N(C)OC)cc(C(=O)O)c1OC. The van der Waals surface area contributed by atoms with Gasteiger partial charge in [-0.25, -0.2) is 13.2 Å². The Morgan fingerprint density at radius 2 is 1.80 bits per heavy atom. The molecule has 0 amide bonds. The molecule has 0 bridgehead atoms. The minimum Gasteiger partial charge on any atom is -0.493 e. The van der Waals surface area contributed by atoms with Gasteiger partial charge in [0.15, 0.2) is 11.5 Å². The highest BCUT2D eigenvalue weighted by Gasteiger charge is 2.26. The highest BCUT2D eigenvalue weighted by atomic mass is 32.2. The molecule has 1 N–H and O–H groups in total. The number of nitrogens with zero attached hydrogens (tertiary/aromatic N) is 1. The average Bonchev–Trinajstić information content (AvgIpc) is 2.44. The Balaban J connectivity index is 3.60. The second kappa shape index (κ2) is 6.07. The maximum Gasteiger partial charge on any atom is 0.339 e. The third-order valence-electron chi connectivity index (χ3n) is 2.58. The van der Waals surface area contributed by atoms with Gasteiger partial charge in [0, 0.05) is 13.1 Å². The summed E-state index contributed by atoms with van der Waals surface area (Å²) < 4.78 is 34.7. The van der Waals surface area contributed by atoms with Gasteiger partial charge in [0.05, 0.1) is 26.2 Å². The normalized spacial score (nSPS) is 11.4. The van der Waals surface area contributed by atoms with Crippen LogP contribution in [0.25, 0.3) is 0 Å². The number of carboxylic acids is 1. The van der Waals surface area contributed by atoms with Crippen LogP contribution in [0.5, 0.6) is 11.5 Å². The Morgan fingerprint density at radius 3 is 2.20 bits per heavy atom. The molecule has 8 nitrogen and oxygen atoms in total. The molecule has 20 heavy (non-hydrogen) atoms. The third kappa shape index (κ3) is 2.84. The number of carboxylic acid groups (broad SMARTS) is 1.